The topological polar surface area (TPSA) is 92.6 Å². The third-order valence-corrected chi connectivity index (χ3v) is 5.02. The molecule has 9 heteroatoms. The van der Waals surface area contributed by atoms with Crippen molar-refractivity contribution in [2.24, 2.45) is 0 Å². The van der Waals surface area contributed by atoms with Crippen LogP contribution in [0.2, 0.25) is 0 Å². The molecule has 0 spiro atoms. The molecule has 0 radical (unpaired) electrons. The number of hydrogen-bond acceptors (Lipinski definition) is 5. The summed E-state index contributed by atoms with van der Waals surface area (Å²) in [6, 6.07) is 11.6. The number of aromatic nitrogens is 6. The smallest absolute Gasteiger partial charge is 0.256 e. The average Bonchev–Trinajstić information content (AvgIpc) is 3.46. The molecule has 4 aromatic rings. The lowest BCUT2D eigenvalue weighted by molar-refractivity contribution is 0.0730. The number of H-pyrrole nitrogens is 1. The molecular formula is C19H16FN7O. The molecule has 2 aromatic carbocycles. The first-order valence-corrected chi connectivity index (χ1v) is 8.99. The van der Waals surface area contributed by atoms with Crippen LogP contribution in [0, 0.1) is 5.82 Å². The zero-order valence-electron chi connectivity index (χ0n) is 14.8. The molecule has 0 bridgehead atoms. The van der Waals surface area contributed by atoms with E-state index in [1.54, 1.807) is 4.90 Å². The van der Waals surface area contributed by atoms with Crippen molar-refractivity contribution >= 4 is 16.9 Å². The molecule has 5 rings (SSSR count). The van der Waals surface area contributed by atoms with E-state index >= 15 is 0 Å². The monoisotopic (exact) mass is 377 g/mol. The van der Waals surface area contributed by atoms with Gasteiger partial charge in [0.05, 0.1) is 28.3 Å². The van der Waals surface area contributed by atoms with Gasteiger partial charge in [0, 0.05) is 6.54 Å². The Labute approximate surface area is 159 Å². The van der Waals surface area contributed by atoms with E-state index in [1.807, 2.05) is 24.3 Å². The molecule has 3 heterocycles. The number of tetrazole rings is 1. The van der Waals surface area contributed by atoms with E-state index in [2.05, 4.69) is 25.5 Å². The Morgan fingerprint density at radius 2 is 2.11 bits per heavy atom. The number of para-hydroxylation sites is 2. The van der Waals surface area contributed by atoms with Gasteiger partial charge in [-0.05, 0) is 53.6 Å². The van der Waals surface area contributed by atoms with Crippen LogP contribution in [0.4, 0.5) is 4.39 Å². The number of likely N-dealkylation sites (tertiary alicyclic amines) is 1. The largest absolute Gasteiger partial charge is 0.340 e. The Hall–Kier alpha value is -3.62. The quantitative estimate of drug-likeness (QED) is 0.593. The van der Waals surface area contributed by atoms with E-state index in [0.717, 1.165) is 29.7 Å². The van der Waals surface area contributed by atoms with Crippen molar-refractivity contribution in [3.63, 3.8) is 0 Å². The highest BCUT2D eigenvalue weighted by atomic mass is 19.1. The Balaban J connectivity index is 1.53. The second kappa shape index (κ2) is 6.52. The van der Waals surface area contributed by atoms with Crippen molar-refractivity contribution in [2.75, 3.05) is 6.54 Å². The first-order valence-electron chi connectivity index (χ1n) is 8.99. The van der Waals surface area contributed by atoms with E-state index in [1.165, 1.54) is 29.2 Å². The summed E-state index contributed by atoms with van der Waals surface area (Å²) in [5.74, 6) is -0.0139. The number of fused-ring (bicyclic) bond motifs is 1. The van der Waals surface area contributed by atoms with Crippen LogP contribution in [0.5, 0.6) is 0 Å². The van der Waals surface area contributed by atoms with E-state index < -0.39 is 5.82 Å². The van der Waals surface area contributed by atoms with Crippen molar-refractivity contribution in [3.05, 3.63) is 66.0 Å². The Bertz CT molecular complexity index is 1120. The summed E-state index contributed by atoms with van der Waals surface area (Å²) in [5.41, 5.74) is 2.44. The summed E-state index contributed by atoms with van der Waals surface area (Å²) in [4.78, 5) is 23.0. The highest BCUT2D eigenvalue weighted by Gasteiger charge is 2.34. The molecule has 8 nitrogen and oxygen atoms in total. The number of carbonyl (C=O) groups is 1. The fourth-order valence-electron chi connectivity index (χ4n) is 3.73. The van der Waals surface area contributed by atoms with Gasteiger partial charge >= 0.3 is 0 Å². The Kier molecular flexibility index (Phi) is 3.85. The number of hydrogen-bond donors (Lipinski definition) is 1. The number of benzene rings is 2. The lowest BCUT2D eigenvalue weighted by Gasteiger charge is -2.24. The van der Waals surface area contributed by atoms with Gasteiger partial charge < -0.3 is 9.88 Å². The molecule has 28 heavy (non-hydrogen) atoms. The van der Waals surface area contributed by atoms with Crippen LogP contribution in [-0.4, -0.2) is 47.5 Å². The standard InChI is InChI=1S/C19H16FN7O/c20-12-7-8-16(27-11-21-24-25-27)13(10-12)19(28)26-9-3-6-17(26)18-22-14-4-1-2-5-15(14)23-18/h1-2,4-5,7-8,10-11,17H,3,6,9H2,(H,22,23). The number of aromatic amines is 1. The van der Waals surface area contributed by atoms with Crippen LogP contribution in [0.15, 0.2) is 48.8 Å². The Morgan fingerprint density at radius 3 is 2.93 bits per heavy atom. The number of amides is 1. The van der Waals surface area contributed by atoms with Crippen molar-refractivity contribution in [1.29, 1.82) is 0 Å². The molecule has 2 aromatic heterocycles. The van der Waals surface area contributed by atoms with E-state index in [0.29, 0.717) is 12.2 Å². The third kappa shape index (κ3) is 2.72. The normalized spacial score (nSPS) is 16.8. The molecule has 0 aliphatic carbocycles. The molecular weight excluding hydrogens is 361 g/mol. The van der Waals surface area contributed by atoms with Gasteiger partial charge in [-0.1, -0.05) is 12.1 Å². The van der Waals surface area contributed by atoms with Crippen molar-refractivity contribution < 1.29 is 9.18 Å². The van der Waals surface area contributed by atoms with Crippen LogP contribution in [0.25, 0.3) is 16.7 Å². The number of nitrogens with one attached hydrogen (secondary N) is 1. The molecule has 1 amide bonds. The number of carbonyl (C=O) groups excluding carboxylic acids is 1. The maximum absolute atomic E-state index is 13.9. The number of imidazole rings is 1. The molecule has 1 atom stereocenters. The lowest BCUT2D eigenvalue weighted by atomic mass is 10.1. The van der Waals surface area contributed by atoms with E-state index in [9.17, 15) is 9.18 Å². The van der Waals surface area contributed by atoms with Crippen molar-refractivity contribution in [3.8, 4) is 5.69 Å². The van der Waals surface area contributed by atoms with Crippen LogP contribution < -0.4 is 0 Å². The van der Waals surface area contributed by atoms with Gasteiger partial charge in [-0.3, -0.25) is 4.79 Å². The number of rotatable bonds is 3. The van der Waals surface area contributed by atoms with E-state index in [4.69, 9.17) is 0 Å². The molecule has 1 unspecified atom stereocenters. The van der Waals surface area contributed by atoms with Crippen molar-refractivity contribution in [2.45, 2.75) is 18.9 Å². The average molecular weight is 377 g/mol. The van der Waals surface area contributed by atoms with Crippen LogP contribution >= 0.6 is 0 Å². The SMILES string of the molecule is O=C(c1cc(F)ccc1-n1cnnn1)N1CCCC1c1nc2ccccc2[nH]1. The number of nitrogens with zero attached hydrogens (tertiary/aromatic N) is 6. The highest BCUT2D eigenvalue weighted by Crippen LogP contribution is 2.33. The van der Waals surface area contributed by atoms with Crippen LogP contribution in [0.1, 0.15) is 35.1 Å². The fraction of sp³-hybridized carbons (Fsp3) is 0.211. The summed E-state index contributed by atoms with van der Waals surface area (Å²) in [5, 5.41) is 11.0. The van der Waals surface area contributed by atoms with Crippen molar-refractivity contribution in [1.82, 2.24) is 35.1 Å². The van der Waals surface area contributed by atoms with Gasteiger partial charge in [-0.2, -0.15) is 4.68 Å². The maximum atomic E-state index is 13.9. The predicted molar refractivity (Wildman–Crippen MR) is 98.2 cm³/mol. The van der Waals surface area contributed by atoms with Gasteiger partial charge in [-0.25, -0.2) is 9.37 Å². The first-order chi connectivity index (χ1) is 13.7. The van der Waals surface area contributed by atoms with E-state index in [-0.39, 0.29) is 17.5 Å². The summed E-state index contributed by atoms with van der Waals surface area (Å²) < 4.78 is 15.3. The van der Waals surface area contributed by atoms with Crippen LogP contribution in [0.3, 0.4) is 0 Å². The summed E-state index contributed by atoms with van der Waals surface area (Å²) in [7, 11) is 0. The highest BCUT2D eigenvalue weighted by molar-refractivity contribution is 5.98. The van der Waals surface area contributed by atoms with Crippen LogP contribution in [-0.2, 0) is 0 Å². The predicted octanol–water partition coefficient (Wildman–Crippen LogP) is 2.66. The second-order valence-electron chi connectivity index (χ2n) is 6.71. The molecule has 0 saturated carbocycles. The molecule has 140 valence electrons. The van der Waals surface area contributed by atoms with Gasteiger partial charge in [0.25, 0.3) is 5.91 Å². The molecule has 1 fully saturated rings. The lowest BCUT2D eigenvalue weighted by Crippen LogP contribution is -2.32. The first kappa shape index (κ1) is 16.5. The molecule has 1 aliphatic heterocycles. The number of halogens is 1. The minimum atomic E-state index is -0.486. The summed E-state index contributed by atoms with van der Waals surface area (Å²) in [6.07, 6.45) is 3.02. The summed E-state index contributed by atoms with van der Waals surface area (Å²) >= 11 is 0. The van der Waals surface area contributed by atoms with Gasteiger partial charge in [0.15, 0.2) is 0 Å². The zero-order chi connectivity index (χ0) is 19.1. The second-order valence-corrected chi connectivity index (χ2v) is 6.71. The molecule has 1 saturated heterocycles. The van der Waals surface area contributed by atoms with Gasteiger partial charge in [0.1, 0.15) is 18.0 Å². The fourth-order valence-corrected chi connectivity index (χ4v) is 3.73. The van der Waals surface area contributed by atoms with Gasteiger partial charge in [-0.15, -0.1) is 5.10 Å². The third-order valence-electron chi connectivity index (χ3n) is 5.02. The summed E-state index contributed by atoms with van der Waals surface area (Å²) in [6.45, 7) is 0.576. The molecule has 1 N–H and O–H groups in total. The molecule has 1 aliphatic rings. The maximum Gasteiger partial charge on any atom is 0.256 e. The zero-order valence-corrected chi connectivity index (χ0v) is 14.8. The minimum Gasteiger partial charge on any atom is -0.340 e. The van der Waals surface area contributed by atoms with Gasteiger partial charge in [0.2, 0.25) is 0 Å². The Morgan fingerprint density at radius 1 is 1.21 bits per heavy atom. The minimum absolute atomic E-state index is 0.190.